The fourth-order valence-corrected chi connectivity index (χ4v) is 3.28. The number of benzene rings is 2. The summed E-state index contributed by atoms with van der Waals surface area (Å²) in [5, 5.41) is 0. The third kappa shape index (κ3) is 5.75. The molecule has 1 aliphatic heterocycles. The molecule has 2 aromatic carbocycles. The number of rotatable bonds is 8. The molecule has 1 heterocycles. The summed E-state index contributed by atoms with van der Waals surface area (Å²) in [5.41, 5.74) is 6.77. The van der Waals surface area contributed by atoms with Gasteiger partial charge in [-0.05, 0) is 48.7 Å². The summed E-state index contributed by atoms with van der Waals surface area (Å²) in [6.07, 6.45) is 2.39. The number of amides is 3. The van der Waals surface area contributed by atoms with E-state index in [0.29, 0.717) is 30.1 Å². The molecular formula is C23H27N3O5. The molecule has 3 rings (SSSR count). The lowest BCUT2D eigenvalue weighted by molar-refractivity contribution is -0.121. The van der Waals surface area contributed by atoms with Gasteiger partial charge in [-0.1, -0.05) is 19.1 Å². The van der Waals surface area contributed by atoms with Crippen molar-refractivity contribution < 1.29 is 23.9 Å². The third-order valence-electron chi connectivity index (χ3n) is 4.89. The minimum atomic E-state index is -0.461. The van der Waals surface area contributed by atoms with Gasteiger partial charge >= 0.3 is 0 Å². The van der Waals surface area contributed by atoms with Crippen LogP contribution in [0.1, 0.15) is 42.1 Å². The van der Waals surface area contributed by atoms with Gasteiger partial charge in [-0.3, -0.25) is 25.2 Å². The Labute approximate surface area is 181 Å². The summed E-state index contributed by atoms with van der Waals surface area (Å²) in [6, 6.07) is 12.1. The van der Waals surface area contributed by atoms with E-state index in [1.54, 1.807) is 23.1 Å². The number of methoxy groups -OCH3 is 1. The molecule has 2 aromatic rings. The first-order valence-corrected chi connectivity index (χ1v) is 10.3. The summed E-state index contributed by atoms with van der Waals surface area (Å²) in [7, 11) is 1.50. The Morgan fingerprint density at radius 1 is 1.06 bits per heavy atom. The van der Waals surface area contributed by atoms with Crippen molar-refractivity contribution >= 4 is 23.4 Å². The van der Waals surface area contributed by atoms with E-state index in [9.17, 15) is 14.4 Å². The number of carbonyl (C=O) groups excluding carboxylic acids is 3. The van der Waals surface area contributed by atoms with E-state index in [1.165, 1.54) is 7.11 Å². The Morgan fingerprint density at radius 3 is 2.48 bits per heavy atom. The largest absolute Gasteiger partial charge is 0.493 e. The second-order valence-electron chi connectivity index (χ2n) is 7.21. The average molecular weight is 425 g/mol. The normalized spacial score (nSPS) is 13.1. The maximum atomic E-state index is 12.4. The first kappa shape index (κ1) is 22.1. The van der Waals surface area contributed by atoms with Crippen LogP contribution in [0.2, 0.25) is 0 Å². The first-order chi connectivity index (χ1) is 15.0. The Morgan fingerprint density at radius 2 is 1.84 bits per heavy atom. The minimum absolute atomic E-state index is 0.0988. The highest BCUT2D eigenvalue weighted by Crippen LogP contribution is 2.28. The minimum Gasteiger partial charge on any atom is -0.493 e. The summed E-state index contributed by atoms with van der Waals surface area (Å²) in [5.74, 6) is 0.313. The highest BCUT2D eigenvalue weighted by atomic mass is 16.5. The van der Waals surface area contributed by atoms with E-state index in [1.807, 2.05) is 31.2 Å². The number of nitrogens with zero attached hydrogens (tertiary/aromatic N) is 1. The molecule has 164 valence electrons. The first-order valence-electron chi connectivity index (χ1n) is 10.3. The van der Waals surface area contributed by atoms with Crippen molar-refractivity contribution in [2.75, 3.05) is 25.2 Å². The van der Waals surface area contributed by atoms with Gasteiger partial charge in [0, 0.05) is 24.2 Å². The van der Waals surface area contributed by atoms with E-state index >= 15 is 0 Å². The van der Waals surface area contributed by atoms with Gasteiger partial charge in [0.1, 0.15) is 0 Å². The zero-order valence-corrected chi connectivity index (χ0v) is 17.8. The van der Waals surface area contributed by atoms with Gasteiger partial charge in [-0.25, -0.2) is 0 Å². The molecule has 1 fully saturated rings. The number of hydrogen-bond donors (Lipinski definition) is 2. The zero-order chi connectivity index (χ0) is 22.2. The van der Waals surface area contributed by atoms with Crippen LogP contribution in [0.3, 0.4) is 0 Å². The summed E-state index contributed by atoms with van der Waals surface area (Å²) in [4.78, 5) is 38.1. The topological polar surface area (TPSA) is 97.0 Å². The quantitative estimate of drug-likeness (QED) is 0.634. The van der Waals surface area contributed by atoms with Gasteiger partial charge in [-0.2, -0.15) is 0 Å². The Bertz CT molecular complexity index is 943. The molecule has 0 saturated carbocycles. The predicted molar refractivity (Wildman–Crippen MR) is 116 cm³/mol. The molecule has 1 aliphatic rings. The lowest BCUT2D eigenvalue weighted by Gasteiger charge is -2.16. The second-order valence-corrected chi connectivity index (χ2v) is 7.21. The maximum absolute atomic E-state index is 12.4. The summed E-state index contributed by atoms with van der Waals surface area (Å²) < 4.78 is 10.8. The monoisotopic (exact) mass is 425 g/mol. The molecule has 0 radical (unpaired) electrons. The number of carbonyl (C=O) groups is 3. The van der Waals surface area contributed by atoms with Gasteiger partial charge in [0.15, 0.2) is 11.5 Å². The van der Waals surface area contributed by atoms with Crippen LogP contribution < -0.4 is 25.2 Å². The number of hydrazine groups is 1. The number of anilines is 1. The fourth-order valence-electron chi connectivity index (χ4n) is 3.28. The van der Waals surface area contributed by atoms with Crippen molar-refractivity contribution in [3.8, 4) is 11.5 Å². The molecule has 3 amide bonds. The standard InChI is InChI=1S/C23H27N3O5/c1-3-13-31-19-11-8-17(15-20(19)30-2)23(29)25-24-21(27)14-16-6-9-18(10-7-16)26-12-4-5-22(26)28/h6-11,15H,3-5,12-14H2,1-2H3,(H,24,27)(H,25,29). The van der Waals surface area contributed by atoms with Crippen molar-refractivity contribution in [3.05, 3.63) is 53.6 Å². The summed E-state index contributed by atoms with van der Waals surface area (Å²) in [6.45, 7) is 3.27. The summed E-state index contributed by atoms with van der Waals surface area (Å²) >= 11 is 0. The number of ether oxygens (including phenoxy) is 2. The van der Waals surface area contributed by atoms with Gasteiger partial charge in [0.05, 0.1) is 20.1 Å². The maximum Gasteiger partial charge on any atom is 0.269 e. The van der Waals surface area contributed by atoms with Crippen molar-refractivity contribution in [1.29, 1.82) is 0 Å². The molecular weight excluding hydrogens is 398 g/mol. The molecule has 8 heteroatoms. The average Bonchev–Trinajstić information content (AvgIpc) is 3.22. The highest BCUT2D eigenvalue weighted by Gasteiger charge is 2.21. The molecule has 0 unspecified atom stereocenters. The van der Waals surface area contributed by atoms with Crippen LogP contribution >= 0.6 is 0 Å². The SMILES string of the molecule is CCCOc1ccc(C(=O)NNC(=O)Cc2ccc(N3CCCC3=O)cc2)cc1OC. The molecule has 1 saturated heterocycles. The lowest BCUT2D eigenvalue weighted by Crippen LogP contribution is -2.42. The molecule has 31 heavy (non-hydrogen) atoms. The van der Waals surface area contributed by atoms with Crippen LogP contribution in [-0.4, -0.2) is 38.0 Å². The van der Waals surface area contributed by atoms with Crippen molar-refractivity contribution in [3.63, 3.8) is 0 Å². The molecule has 0 atom stereocenters. The molecule has 0 aliphatic carbocycles. The van der Waals surface area contributed by atoms with Crippen LogP contribution in [-0.2, 0) is 16.0 Å². The van der Waals surface area contributed by atoms with Gasteiger partial charge in [0.25, 0.3) is 5.91 Å². The molecule has 8 nitrogen and oxygen atoms in total. The van der Waals surface area contributed by atoms with Crippen LogP contribution in [0.4, 0.5) is 5.69 Å². The Kier molecular flexibility index (Phi) is 7.48. The fraction of sp³-hybridized carbons (Fsp3) is 0.348. The molecule has 0 spiro atoms. The van der Waals surface area contributed by atoms with Crippen molar-refractivity contribution in [2.45, 2.75) is 32.6 Å². The van der Waals surface area contributed by atoms with Crippen LogP contribution in [0, 0.1) is 0 Å². The van der Waals surface area contributed by atoms with Crippen molar-refractivity contribution in [2.24, 2.45) is 0 Å². The smallest absolute Gasteiger partial charge is 0.269 e. The number of hydrogen-bond acceptors (Lipinski definition) is 5. The highest BCUT2D eigenvalue weighted by molar-refractivity contribution is 5.96. The van der Waals surface area contributed by atoms with Crippen LogP contribution in [0.5, 0.6) is 11.5 Å². The zero-order valence-electron chi connectivity index (χ0n) is 17.8. The Hall–Kier alpha value is -3.55. The number of nitrogens with one attached hydrogen (secondary N) is 2. The van der Waals surface area contributed by atoms with Crippen LogP contribution in [0.25, 0.3) is 0 Å². The van der Waals surface area contributed by atoms with Gasteiger partial charge < -0.3 is 14.4 Å². The van der Waals surface area contributed by atoms with Crippen LogP contribution in [0.15, 0.2) is 42.5 Å². The van der Waals surface area contributed by atoms with Gasteiger partial charge in [0.2, 0.25) is 11.8 Å². The van der Waals surface area contributed by atoms with Crippen molar-refractivity contribution in [1.82, 2.24) is 10.9 Å². The predicted octanol–water partition coefficient (Wildman–Crippen LogP) is 2.61. The van der Waals surface area contributed by atoms with E-state index in [-0.39, 0.29) is 18.2 Å². The van der Waals surface area contributed by atoms with E-state index in [0.717, 1.165) is 30.6 Å². The van der Waals surface area contributed by atoms with E-state index < -0.39 is 5.91 Å². The molecule has 0 bridgehead atoms. The second kappa shape index (κ2) is 10.5. The molecule has 0 aromatic heterocycles. The van der Waals surface area contributed by atoms with E-state index in [4.69, 9.17) is 9.47 Å². The van der Waals surface area contributed by atoms with Gasteiger partial charge in [-0.15, -0.1) is 0 Å². The molecule has 2 N–H and O–H groups in total. The third-order valence-corrected chi connectivity index (χ3v) is 4.89. The van der Waals surface area contributed by atoms with E-state index in [2.05, 4.69) is 10.9 Å². The Balaban J connectivity index is 1.52. The lowest BCUT2D eigenvalue weighted by atomic mass is 10.1.